The smallest absolute Gasteiger partial charge is 0.324 e. The van der Waals surface area contributed by atoms with Crippen LogP contribution in [0, 0.1) is 5.41 Å². The summed E-state index contributed by atoms with van der Waals surface area (Å²) in [6.07, 6.45) is 2.86. The molecular weight excluding hydrogens is 366 g/mol. The Balaban J connectivity index is 1.69. The lowest BCUT2D eigenvalue weighted by Gasteiger charge is -2.21. The van der Waals surface area contributed by atoms with Crippen LogP contribution in [0.4, 0.5) is 4.79 Å². The predicted octanol–water partition coefficient (Wildman–Crippen LogP) is 2.79. The van der Waals surface area contributed by atoms with Gasteiger partial charge in [-0.1, -0.05) is 41.9 Å². The summed E-state index contributed by atoms with van der Waals surface area (Å²) in [7, 11) is 0. The van der Waals surface area contributed by atoms with Crippen molar-refractivity contribution in [1.82, 2.24) is 15.2 Å². The second-order valence-corrected chi connectivity index (χ2v) is 6.25. The summed E-state index contributed by atoms with van der Waals surface area (Å²) in [5.74, 6) is -0.301. The largest absolute Gasteiger partial charge is 0.375 e. The maximum Gasteiger partial charge on any atom is 0.324 e. The van der Waals surface area contributed by atoms with E-state index in [1.165, 1.54) is 4.90 Å². The Morgan fingerprint density at radius 1 is 1.26 bits per heavy atom. The number of amides is 2. The van der Waals surface area contributed by atoms with Crippen LogP contribution in [0.1, 0.15) is 17.7 Å². The zero-order valence-electron chi connectivity index (χ0n) is 15.0. The van der Waals surface area contributed by atoms with E-state index in [-0.39, 0.29) is 5.96 Å². The van der Waals surface area contributed by atoms with Crippen LogP contribution in [0.15, 0.2) is 48.7 Å². The SMILES string of the molecule is N=C(N)N(CCCc1ncccc1Cl)C(=O)NCCOCc1ccccc1. The summed E-state index contributed by atoms with van der Waals surface area (Å²) < 4.78 is 5.52. The van der Waals surface area contributed by atoms with Gasteiger partial charge in [0.15, 0.2) is 5.96 Å². The first kappa shape index (κ1) is 20.7. The number of benzene rings is 1. The standard InChI is InChI=1S/C19H24ClN5O2/c20-16-8-4-10-23-17(16)9-5-12-25(18(21)22)19(26)24-11-13-27-14-15-6-2-1-3-7-15/h1-4,6-8,10H,5,9,11-14H2,(H3,21,22)(H,24,26). The molecule has 0 saturated heterocycles. The Morgan fingerprint density at radius 3 is 2.74 bits per heavy atom. The van der Waals surface area contributed by atoms with Crippen molar-refractivity contribution in [2.45, 2.75) is 19.4 Å². The molecule has 0 aliphatic carbocycles. The first-order valence-corrected chi connectivity index (χ1v) is 9.06. The summed E-state index contributed by atoms with van der Waals surface area (Å²) >= 11 is 6.07. The number of urea groups is 1. The Hall–Kier alpha value is -2.64. The van der Waals surface area contributed by atoms with Crippen LogP contribution in [0.2, 0.25) is 5.02 Å². The second-order valence-electron chi connectivity index (χ2n) is 5.84. The third-order valence-electron chi connectivity index (χ3n) is 3.80. The minimum Gasteiger partial charge on any atom is -0.375 e. The van der Waals surface area contributed by atoms with E-state index in [0.29, 0.717) is 44.2 Å². The molecule has 7 nitrogen and oxygen atoms in total. The number of halogens is 1. The predicted molar refractivity (Wildman–Crippen MR) is 106 cm³/mol. The van der Waals surface area contributed by atoms with E-state index in [0.717, 1.165) is 11.3 Å². The topological polar surface area (TPSA) is 104 Å². The normalized spacial score (nSPS) is 10.4. The number of hydrogen-bond acceptors (Lipinski definition) is 4. The van der Waals surface area contributed by atoms with Gasteiger partial charge in [0, 0.05) is 19.3 Å². The molecule has 2 amide bonds. The second kappa shape index (κ2) is 11.2. The molecule has 8 heteroatoms. The first-order chi connectivity index (χ1) is 13.1. The fourth-order valence-corrected chi connectivity index (χ4v) is 2.64. The lowest BCUT2D eigenvalue weighted by molar-refractivity contribution is 0.122. The fraction of sp³-hybridized carbons (Fsp3) is 0.316. The minimum absolute atomic E-state index is 0.301. The van der Waals surface area contributed by atoms with Gasteiger partial charge < -0.3 is 15.8 Å². The number of ether oxygens (including phenoxy) is 1. The molecule has 4 N–H and O–H groups in total. The summed E-state index contributed by atoms with van der Waals surface area (Å²) in [5, 5.41) is 10.9. The quantitative estimate of drug-likeness (QED) is 0.348. The molecule has 0 aliphatic rings. The Bertz CT molecular complexity index is 742. The number of guanidine groups is 1. The van der Waals surface area contributed by atoms with Gasteiger partial charge in [0.05, 0.1) is 23.9 Å². The van der Waals surface area contributed by atoms with E-state index >= 15 is 0 Å². The number of nitrogens with two attached hydrogens (primary N) is 1. The average Bonchev–Trinajstić information content (AvgIpc) is 2.66. The van der Waals surface area contributed by atoms with Crippen LogP contribution < -0.4 is 11.1 Å². The van der Waals surface area contributed by atoms with E-state index in [4.69, 9.17) is 27.5 Å². The highest BCUT2D eigenvalue weighted by Crippen LogP contribution is 2.14. The van der Waals surface area contributed by atoms with E-state index in [2.05, 4.69) is 10.3 Å². The monoisotopic (exact) mass is 389 g/mol. The molecule has 0 fully saturated rings. The van der Waals surface area contributed by atoms with Gasteiger partial charge in [-0.3, -0.25) is 15.3 Å². The van der Waals surface area contributed by atoms with Crippen LogP contribution in [-0.2, 0) is 17.8 Å². The van der Waals surface area contributed by atoms with Gasteiger partial charge in [0.2, 0.25) is 0 Å². The van der Waals surface area contributed by atoms with E-state index in [1.54, 1.807) is 18.3 Å². The van der Waals surface area contributed by atoms with Crippen molar-refractivity contribution >= 4 is 23.6 Å². The molecule has 0 saturated carbocycles. The molecule has 1 aromatic carbocycles. The highest BCUT2D eigenvalue weighted by Gasteiger charge is 2.15. The molecule has 0 radical (unpaired) electrons. The number of pyridine rings is 1. The fourth-order valence-electron chi connectivity index (χ4n) is 2.43. The van der Waals surface area contributed by atoms with E-state index in [9.17, 15) is 4.79 Å². The highest BCUT2D eigenvalue weighted by molar-refractivity contribution is 6.31. The lowest BCUT2D eigenvalue weighted by atomic mass is 10.2. The summed E-state index contributed by atoms with van der Waals surface area (Å²) in [6.45, 7) is 1.49. The van der Waals surface area contributed by atoms with Gasteiger partial charge in [0.1, 0.15) is 0 Å². The number of carbonyl (C=O) groups is 1. The first-order valence-electron chi connectivity index (χ1n) is 8.68. The van der Waals surface area contributed by atoms with Crippen molar-refractivity contribution in [2.24, 2.45) is 5.73 Å². The number of rotatable bonds is 9. The van der Waals surface area contributed by atoms with E-state index < -0.39 is 6.03 Å². The molecule has 0 atom stereocenters. The van der Waals surface area contributed by atoms with Gasteiger partial charge >= 0.3 is 6.03 Å². The van der Waals surface area contributed by atoms with Crippen LogP contribution in [0.3, 0.4) is 0 Å². The van der Waals surface area contributed by atoms with Crippen molar-refractivity contribution in [3.05, 3.63) is 64.9 Å². The van der Waals surface area contributed by atoms with Crippen molar-refractivity contribution < 1.29 is 9.53 Å². The molecule has 0 bridgehead atoms. The molecule has 0 unspecified atom stereocenters. The molecular formula is C19H24ClN5O2. The molecule has 1 aromatic heterocycles. The Kier molecular flexibility index (Phi) is 8.54. The molecule has 2 rings (SSSR count). The minimum atomic E-state index is -0.419. The van der Waals surface area contributed by atoms with Crippen LogP contribution in [-0.4, -0.2) is 41.6 Å². The maximum atomic E-state index is 12.2. The Morgan fingerprint density at radius 2 is 2.04 bits per heavy atom. The van der Waals surface area contributed by atoms with Gasteiger partial charge in [-0.15, -0.1) is 0 Å². The average molecular weight is 390 g/mol. The van der Waals surface area contributed by atoms with Gasteiger partial charge in [0.25, 0.3) is 0 Å². The van der Waals surface area contributed by atoms with Crippen LogP contribution in [0.5, 0.6) is 0 Å². The number of aromatic nitrogens is 1. The number of nitrogens with one attached hydrogen (secondary N) is 2. The molecule has 2 aromatic rings. The summed E-state index contributed by atoms with van der Waals surface area (Å²) in [4.78, 5) is 17.6. The molecule has 0 aliphatic heterocycles. The Labute approximate surface area is 164 Å². The highest BCUT2D eigenvalue weighted by atomic mass is 35.5. The molecule has 144 valence electrons. The van der Waals surface area contributed by atoms with Gasteiger partial charge in [-0.2, -0.15) is 0 Å². The number of nitrogens with zero attached hydrogens (tertiary/aromatic N) is 2. The molecule has 0 spiro atoms. The third-order valence-corrected chi connectivity index (χ3v) is 4.14. The maximum absolute atomic E-state index is 12.2. The summed E-state index contributed by atoms with van der Waals surface area (Å²) in [5.41, 5.74) is 7.36. The zero-order chi connectivity index (χ0) is 19.5. The molecule has 27 heavy (non-hydrogen) atoms. The van der Waals surface area contributed by atoms with Crippen molar-refractivity contribution in [3.8, 4) is 0 Å². The van der Waals surface area contributed by atoms with Crippen molar-refractivity contribution in [3.63, 3.8) is 0 Å². The van der Waals surface area contributed by atoms with Crippen LogP contribution >= 0.6 is 11.6 Å². The third kappa shape index (κ3) is 7.24. The van der Waals surface area contributed by atoms with Gasteiger partial charge in [-0.05, 0) is 30.5 Å². The van der Waals surface area contributed by atoms with E-state index in [1.807, 2.05) is 30.3 Å². The number of carbonyl (C=O) groups excluding carboxylic acids is 1. The van der Waals surface area contributed by atoms with Crippen LogP contribution in [0.25, 0.3) is 0 Å². The summed E-state index contributed by atoms with van der Waals surface area (Å²) in [6, 6.07) is 12.9. The van der Waals surface area contributed by atoms with Gasteiger partial charge in [-0.25, -0.2) is 4.79 Å². The van der Waals surface area contributed by atoms with Crippen molar-refractivity contribution in [2.75, 3.05) is 19.7 Å². The lowest BCUT2D eigenvalue weighted by Crippen LogP contribution is -2.48. The molecule has 1 heterocycles. The number of aryl methyl sites for hydroxylation is 1. The number of hydrogen-bond donors (Lipinski definition) is 3. The zero-order valence-corrected chi connectivity index (χ0v) is 15.8. The van der Waals surface area contributed by atoms with Crippen molar-refractivity contribution in [1.29, 1.82) is 5.41 Å².